The van der Waals surface area contributed by atoms with Crippen LogP contribution in [0.5, 0.6) is 0 Å². The highest BCUT2D eigenvalue weighted by Gasteiger charge is 2.75. The third kappa shape index (κ3) is 0.957. The van der Waals surface area contributed by atoms with Crippen molar-refractivity contribution in [3.05, 3.63) is 0 Å². The van der Waals surface area contributed by atoms with Gasteiger partial charge >= 0.3 is 0 Å². The molecule has 6 atom stereocenters. The van der Waals surface area contributed by atoms with Crippen molar-refractivity contribution in [1.82, 2.24) is 0 Å². The third-order valence-electron chi connectivity index (χ3n) is 4.38. The van der Waals surface area contributed by atoms with Gasteiger partial charge in [0.25, 0.3) is 0 Å². The second-order valence-electron chi connectivity index (χ2n) is 5.53. The van der Waals surface area contributed by atoms with Crippen LogP contribution in [0.3, 0.4) is 0 Å². The van der Waals surface area contributed by atoms with E-state index in [1.54, 1.807) is 13.8 Å². The second kappa shape index (κ2) is 2.49. The molecule has 4 rings (SSSR count). The molecule has 4 bridgehead atoms. The molecule has 4 aliphatic rings. The van der Waals surface area contributed by atoms with Crippen molar-refractivity contribution >= 4 is 29.0 Å². The first-order valence-electron chi connectivity index (χ1n) is 5.30. The van der Waals surface area contributed by atoms with Crippen LogP contribution in [-0.4, -0.2) is 16.0 Å². The molecule has 4 fully saturated rings. The fourth-order valence-corrected chi connectivity index (χ4v) is 4.56. The lowest BCUT2D eigenvalue weighted by atomic mass is 9.87. The van der Waals surface area contributed by atoms with Crippen molar-refractivity contribution in [3.63, 3.8) is 0 Å². The van der Waals surface area contributed by atoms with Crippen molar-refractivity contribution in [2.75, 3.05) is 0 Å². The summed E-state index contributed by atoms with van der Waals surface area (Å²) >= 11 is 12.4. The number of hydrogen-bond acceptors (Lipinski definition) is 1. The minimum Gasteiger partial charge on any atom is -0.297 e. The first kappa shape index (κ1) is 9.47. The Balaban J connectivity index is 1.87. The standard InChI is InChI=1S/C11H14Cl2O/c1-11(2,13)10(14)8-5-3-4-6(8)7(4)9(5)12/h4-9H,3H2,1-2H3. The molecule has 0 aromatic carbocycles. The van der Waals surface area contributed by atoms with E-state index < -0.39 is 4.87 Å². The Morgan fingerprint density at radius 2 is 1.93 bits per heavy atom. The Morgan fingerprint density at radius 3 is 2.21 bits per heavy atom. The predicted octanol–water partition coefficient (Wildman–Crippen LogP) is 2.69. The number of ketones is 1. The highest BCUT2D eigenvalue weighted by Crippen LogP contribution is 2.75. The third-order valence-corrected chi connectivity index (χ3v) is 5.18. The molecule has 0 aromatic rings. The van der Waals surface area contributed by atoms with E-state index in [4.69, 9.17) is 23.2 Å². The molecule has 78 valence electrons. The molecule has 1 nitrogen and oxygen atoms in total. The number of carbonyl (C=O) groups is 1. The fourth-order valence-electron chi connectivity index (χ4n) is 3.82. The van der Waals surface area contributed by atoms with Crippen LogP contribution < -0.4 is 0 Å². The van der Waals surface area contributed by atoms with Gasteiger partial charge < -0.3 is 0 Å². The van der Waals surface area contributed by atoms with E-state index in [-0.39, 0.29) is 17.1 Å². The summed E-state index contributed by atoms with van der Waals surface area (Å²) in [6.45, 7) is 3.60. The van der Waals surface area contributed by atoms with E-state index in [0.717, 1.165) is 5.92 Å². The highest BCUT2D eigenvalue weighted by atomic mass is 35.5. The van der Waals surface area contributed by atoms with Crippen LogP contribution in [0.4, 0.5) is 0 Å². The molecule has 0 N–H and O–H groups in total. The maximum Gasteiger partial charge on any atom is 0.156 e. The number of carbonyl (C=O) groups excluding carboxylic acids is 1. The van der Waals surface area contributed by atoms with Crippen LogP contribution in [0.2, 0.25) is 0 Å². The van der Waals surface area contributed by atoms with Gasteiger partial charge in [-0.3, -0.25) is 4.79 Å². The fraction of sp³-hybridized carbons (Fsp3) is 0.909. The van der Waals surface area contributed by atoms with Crippen LogP contribution in [0.15, 0.2) is 0 Å². The van der Waals surface area contributed by atoms with Crippen LogP contribution in [0.1, 0.15) is 20.3 Å². The van der Waals surface area contributed by atoms with Crippen LogP contribution >= 0.6 is 23.2 Å². The number of rotatable bonds is 2. The van der Waals surface area contributed by atoms with Crippen molar-refractivity contribution in [3.8, 4) is 0 Å². The molecule has 14 heavy (non-hydrogen) atoms. The average molecular weight is 233 g/mol. The van der Waals surface area contributed by atoms with Gasteiger partial charge in [-0.05, 0) is 43.9 Å². The average Bonchev–Trinajstić information content (AvgIpc) is 2.36. The molecular weight excluding hydrogens is 219 g/mol. The van der Waals surface area contributed by atoms with E-state index in [1.807, 2.05) is 0 Å². The Labute approximate surface area is 94.1 Å². The van der Waals surface area contributed by atoms with Gasteiger partial charge in [0.1, 0.15) is 0 Å². The van der Waals surface area contributed by atoms with Crippen LogP contribution in [-0.2, 0) is 4.79 Å². The molecule has 6 unspecified atom stereocenters. The minimum atomic E-state index is -0.702. The monoisotopic (exact) mass is 232 g/mol. The number of alkyl halides is 2. The first-order chi connectivity index (χ1) is 6.43. The molecule has 0 amide bonds. The van der Waals surface area contributed by atoms with Gasteiger partial charge in [0.05, 0.1) is 4.87 Å². The topological polar surface area (TPSA) is 17.1 Å². The highest BCUT2D eigenvalue weighted by molar-refractivity contribution is 6.35. The van der Waals surface area contributed by atoms with Gasteiger partial charge in [0.2, 0.25) is 0 Å². The zero-order valence-electron chi connectivity index (χ0n) is 8.34. The summed E-state index contributed by atoms with van der Waals surface area (Å²) in [4.78, 5) is 11.4. The first-order valence-corrected chi connectivity index (χ1v) is 6.11. The largest absolute Gasteiger partial charge is 0.297 e. The SMILES string of the molecule is CC(C)(Cl)C(=O)C1C2CC3C(C2Cl)C31. The normalized spacial score (nSPS) is 53.7. The molecule has 4 aliphatic carbocycles. The molecule has 0 aliphatic heterocycles. The lowest BCUT2D eigenvalue weighted by molar-refractivity contribution is -0.125. The van der Waals surface area contributed by atoms with Crippen LogP contribution in [0.25, 0.3) is 0 Å². The van der Waals surface area contributed by atoms with E-state index >= 15 is 0 Å². The maximum absolute atomic E-state index is 12.1. The number of hydrogen-bond donors (Lipinski definition) is 0. The lowest BCUT2D eigenvalue weighted by Crippen LogP contribution is -2.34. The summed E-state index contributed by atoms with van der Waals surface area (Å²) in [6.07, 6.45) is 1.17. The van der Waals surface area contributed by atoms with E-state index in [2.05, 4.69) is 0 Å². The lowest BCUT2D eigenvalue weighted by Gasteiger charge is -2.22. The predicted molar refractivity (Wildman–Crippen MR) is 56.6 cm³/mol. The molecule has 4 saturated carbocycles. The Kier molecular flexibility index (Phi) is 1.69. The quantitative estimate of drug-likeness (QED) is 0.670. The minimum absolute atomic E-state index is 0.181. The molecule has 0 heterocycles. The van der Waals surface area contributed by atoms with Gasteiger partial charge in [0.15, 0.2) is 5.78 Å². The van der Waals surface area contributed by atoms with E-state index in [1.165, 1.54) is 6.42 Å². The van der Waals surface area contributed by atoms with Gasteiger partial charge in [-0.2, -0.15) is 0 Å². The molecule has 0 saturated heterocycles. The maximum atomic E-state index is 12.1. The van der Waals surface area contributed by atoms with Gasteiger partial charge in [0, 0.05) is 11.3 Å². The van der Waals surface area contributed by atoms with Crippen molar-refractivity contribution in [2.45, 2.75) is 30.5 Å². The Morgan fingerprint density at radius 1 is 1.29 bits per heavy atom. The molecule has 0 spiro atoms. The van der Waals surface area contributed by atoms with Crippen molar-refractivity contribution in [2.24, 2.45) is 29.6 Å². The summed E-state index contributed by atoms with van der Waals surface area (Å²) in [7, 11) is 0. The summed E-state index contributed by atoms with van der Waals surface area (Å²) in [6, 6.07) is 0. The van der Waals surface area contributed by atoms with Gasteiger partial charge in [-0.15, -0.1) is 23.2 Å². The van der Waals surface area contributed by atoms with Gasteiger partial charge in [-0.1, -0.05) is 0 Å². The van der Waals surface area contributed by atoms with Crippen molar-refractivity contribution in [1.29, 1.82) is 0 Å². The van der Waals surface area contributed by atoms with E-state index in [0.29, 0.717) is 17.8 Å². The van der Waals surface area contributed by atoms with E-state index in [9.17, 15) is 4.79 Å². The summed E-state index contributed by atoms with van der Waals surface area (Å²) in [5.74, 6) is 2.84. The van der Waals surface area contributed by atoms with Gasteiger partial charge in [-0.25, -0.2) is 0 Å². The smallest absolute Gasteiger partial charge is 0.156 e. The Hall–Kier alpha value is 0.250. The Bertz CT molecular complexity index is 307. The molecular formula is C11H14Cl2O. The summed E-state index contributed by atoms with van der Waals surface area (Å²) in [5.41, 5.74) is 0. The zero-order valence-corrected chi connectivity index (χ0v) is 9.85. The zero-order chi connectivity index (χ0) is 10.2. The number of Topliss-reactive ketones (excluding diaryl/α,β-unsaturated/α-hetero) is 1. The molecule has 0 radical (unpaired) electrons. The van der Waals surface area contributed by atoms with Crippen molar-refractivity contribution < 1.29 is 4.79 Å². The van der Waals surface area contributed by atoms with Crippen LogP contribution in [0, 0.1) is 29.6 Å². The molecule has 3 heteroatoms. The number of halogens is 2. The molecule has 0 aromatic heterocycles. The summed E-state index contributed by atoms with van der Waals surface area (Å²) in [5, 5.41) is 0.262. The second-order valence-corrected chi connectivity index (χ2v) is 6.97. The summed E-state index contributed by atoms with van der Waals surface area (Å²) < 4.78 is 0.